The standard InChI is InChI=1S/C12H21N3O/c1-11(2)10(16)13-7-12(15-11)5-8-3-4-9(6-12)14-8/h8-9,14-15H,3-7H2,1-2H3,(H,13,16). The number of hydrogen-bond donors (Lipinski definition) is 3. The van der Waals surface area contributed by atoms with Crippen LogP contribution in [0.2, 0.25) is 0 Å². The Morgan fingerprint density at radius 1 is 1.19 bits per heavy atom. The molecule has 0 aliphatic carbocycles. The second-order valence-electron chi connectivity index (χ2n) is 6.26. The molecule has 16 heavy (non-hydrogen) atoms. The van der Waals surface area contributed by atoms with Crippen LogP contribution in [0.4, 0.5) is 0 Å². The minimum absolute atomic E-state index is 0.129. The Labute approximate surface area is 96.5 Å². The van der Waals surface area contributed by atoms with Crippen LogP contribution in [0.15, 0.2) is 0 Å². The van der Waals surface area contributed by atoms with E-state index < -0.39 is 5.54 Å². The zero-order chi connectivity index (χ0) is 11.4. The predicted molar refractivity (Wildman–Crippen MR) is 62.1 cm³/mol. The van der Waals surface area contributed by atoms with Crippen LogP contribution < -0.4 is 16.0 Å². The Bertz CT molecular complexity index is 314. The average molecular weight is 223 g/mol. The van der Waals surface area contributed by atoms with E-state index in [-0.39, 0.29) is 11.4 Å². The monoisotopic (exact) mass is 223 g/mol. The Kier molecular flexibility index (Phi) is 2.11. The number of rotatable bonds is 0. The molecule has 0 aromatic carbocycles. The van der Waals surface area contributed by atoms with Gasteiger partial charge in [0.2, 0.25) is 5.91 Å². The first kappa shape index (κ1) is 10.5. The number of hydrogen-bond acceptors (Lipinski definition) is 3. The van der Waals surface area contributed by atoms with Crippen molar-refractivity contribution in [3.63, 3.8) is 0 Å². The van der Waals surface area contributed by atoms with Crippen molar-refractivity contribution >= 4 is 5.91 Å². The lowest BCUT2D eigenvalue weighted by molar-refractivity contribution is -0.131. The van der Waals surface area contributed by atoms with Crippen molar-refractivity contribution in [2.24, 2.45) is 0 Å². The molecule has 3 N–H and O–H groups in total. The van der Waals surface area contributed by atoms with Gasteiger partial charge < -0.3 is 10.6 Å². The van der Waals surface area contributed by atoms with Gasteiger partial charge in [0.15, 0.2) is 0 Å². The zero-order valence-corrected chi connectivity index (χ0v) is 10.1. The number of fused-ring (bicyclic) bond motifs is 2. The molecular weight excluding hydrogens is 202 g/mol. The second kappa shape index (κ2) is 3.20. The van der Waals surface area contributed by atoms with Gasteiger partial charge in [0, 0.05) is 24.2 Å². The molecule has 3 saturated heterocycles. The van der Waals surface area contributed by atoms with E-state index in [1.807, 2.05) is 13.8 Å². The van der Waals surface area contributed by atoms with Crippen molar-refractivity contribution in [3.05, 3.63) is 0 Å². The first-order valence-corrected chi connectivity index (χ1v) is 6.33. The highest BCUT2D eigenvalue weighted by molar-refractivity contribution is 5.86. The van der Waals surface area contributed by atoms with E-state index >= 15 is 0 Å². The number of nitrogens with one attached hydrogen (secondary N) is 3. The molecule has 3 rings (SSSR count). The first-order valence-electron chi connectivity index (χ1n) is 6.33. The number of piperazine rings is 1. The number of amides is 1. The van der Waals surface area contributed by atoms with Gasteiger partial charge in [0.25, 0.3) is 0 Å². The molecule has 2 atom stereocenters. The normalized spacial score (nSPS) is 45.8. The fourth-order valence-corrected chi connectivity index (χ4v) is 3.73. The smallest absolute Gasteiger partial charge is 0.239 e. The molecular formula is C12H21N3O. The molecule has 0 aromatic rings. The van der Waals surface area contributed by atoms with E-state index in [9.17, 15) is 4.79 Å². The van der Waals surface area contributed by atoms with Gasteiger partial charge >= 0.3 is 0 Å². The van der Waals surface area contributed by atoms with Crippen molar-refractivity contribution in [1.82, 2.24) is 16.0 Å². The number of carbonyl (C=O) groups excluding carboxylic acids is 1. The summed E-state index contributed by atoms with van der Waals surface area (Å²) in [4.78, 5) is 11.7. The van der Waals surface area contributed by atoms with Crippen molar-refractivity contribution in [1.29, 1.82) is 0 Å². The van der Waals surface area contributed by atoms with Gasteiger partial charge in [0.05, 0.1) is 5.54 Å². The lowest BCUT2D eigenvalue weighted by Gasteiger charge is -2.50. The highest BCUT2D eigenvalue weighted by Crippen LogP contribution is 2.36. The summed E-state index contributed by atoms with van der Waals surface area (Å²) in [6, 6.07) is 1.30. The topological polar surface area (TPSA) is 53.2 Å². The number of carbonyl (C=O) groups is 1. The maximum absolute atomic E-state index is 11.7. The van der Waals surface area contributed by atoms with Gasteiger partial charge in [-0.3, -0.25) is 10.1 Å². The third-order valence-corrected chi connectivity index (χ3v) is 4.34. The zero-order valence-electron chi connectivity index (χ0n) is 10.1. The molecule has 0 saturated carbocycles. The summed E-state index contributed by atoms with van der Waals surface area (Å²) in [5.74, 6) is 0.129. The number of piperidine rings is 1. The van der Waals surface area contributed by atoms with E-state index in [1.54, 1.807) is 0 Å². The van der Waals surface area contributed by atoms with Crippen LogP contribution in [0.3, 0.4) is 0 Å². The van der Waals surface area contributed by atoms with Gasteiger partial charge in [-0.15, -0.1) is 0 Å². The summed E-state index contributed by atoms with van der Waals surface area (Å²) in [6.45, 7) is 4.75. The molecule has 1 amide bonds. The van der Waals surface area contributed by atoms with E-state index in [2.05, 4.69) is 16.0 Å². The third-order valence-electron chi connectivity index (χ3n) is 4.34. The summed E-state index contributed by atoms with van der Waals surface area (Å²) < 4.78 is 0. The largest absolute Gasteiger partial charge is 0.353 e. The van der Waals surface area contributed by atoms with Crippen molar-refractivity contribution < 1.29 is 4.79 Å². The fourth-order valence-electron chi connectivity index (χ4n) is 3.73. The lowest BCUT2D eigenvalue weighted by Crippen LogP contribution is -2.73. The summed E-state index contributed by atoms with van der Waals surface area (Å²) in [6.07, 6.45) is 4.88. The van der Waals surface area contributed by atoms with Crippen molar-refractivity contribution in [2.75, 3.05) is 6.54 Å². The van der Waals surface area contributed by atoms with E-state index in [4.69, 9.17) is 0 Å². The van der Waals surface area contributed by atoms with Crippen LogP contribution in [0.25, 0.3) is 0 Å². The van der Waals surface area contributed by atoms with Gasteiger partial charge in [0.1, 0.15) is 0 Å². The molecule has 0 radical (unpaired) electrons. The summed E-state index contributed by atoms with van der Waals surface area (Å²) in [7, 11) is 0. The van der Waals surface area contributed by atoms with Crippen LogP contribution in [0, 0.1) is 0 Å². The van der Waals surface area contributed by atoms with E-state index in [0.29, 0.717) is 12.1 Å². The highest BCUT2D eigenvalue weighted by Gasteiger charge is 2.49. The van der Waals surface area contributed by atoms with E-state index in [1.165, 1.54) is 12.8 Å². The van der Waals surface area contributed by atoms with Crippen LogP contribution in [0.1, 0.15) is 39.5 Å². The van der Waals surface area contributed by atoms with Gasteiger partial charge in [-0.05, 0) is 39.5 Å². The predicted octanol–water partition coefficient (Wildman–Crippen LogP) is 0.138. The SMILES string of the molecule is CC1(C)NC2(CNC1=O)CC1CCC(C2)N1. The maximum atomic E-state index is 11.7. The van der Waals surface area contributed by atoms with E-state index in [0.717, 1.165) is 19.4 Å². The van der Waals surface area contributed by atoms with Crippen LogP contribution in [-0.2, 0) is 4.79 Å². The first-order chi connectivity index (χ1) is 7.49. The molecule has 4 nitrogen and oxygen atoms in total. The molecule has 1 spiro atoms. The second-order valence-corrected chi connectivity index (χ2v) is 6.26. The summed E-state index contributed by atoms with van der Waals surface area (Å²) in [5.41, 5.74) is -0.288. The Morgan fingerprint density at radius 2 is 1.81 bits per heavy atom. The molecule has 2 unspecified atom stereocenters. The Hall–Kier alpha value is -0.610. The maximum Gasteiger partial charge on any atom is 0.239 e. The average Bonchev–Trinajstić information content (AvgIpc) is 2.53. The minimum Gasteiger partial charge on any atom is -0.353 e. The quantitative estimate of drug-likeness (QED) is 0.547. The van der Waals surface area contributed by atoms with Crippen molar-refractivity contribution in [2.45, 2.75) is 62.7 Å². The highest BCUT2D eigenvalue weighted by atomic mass is 16.2. The minimum atomic E-state index is -0.422. The molecule has 2 bridgehead atoms. The molecule has 3 heterocycles. The lowest BCUT2D eigenvalue weighted by atomic mass is 9.79. The van der Waals surface area contributed by atoms with Crippen molar-refractivity contribution in [3.8, 4) is 0 Å². The molecule has 3 aliphatic heterocycles. The van der Waals surface area contributed by atoms with Gasteiger partial charge in [-0.25, -0.2) is 0 Å². The summed E-state index contributed by atoms with van der Waals surface area (Å²) in [5, 5.41) is 10.3. The molecule has 90 valence electrons. The molecule has 3 aliphatic rings. The van der Waals surface area contributed by atoms with Gasteiger partial charge in [-0.1, -0.05) is 0 Å². The van der Waals surface area contributed by atoms with Gasteiger partial charge in [-0.2, -0.15) is 0 Å². The van der Waals surface area contributed by atoms with Crippen LogP contribution in [0.5, 0.6) is 0 Å². The summed E-state index contributed by atoms with van der Waals surface area (Å²) >= 11 is 0. The third kappa shape index (κ3) is 1.55. The van der Waals surface area contributed by atoms with Crippen LogP contribution in [-0.4, -0.2) is 35.6 Å². The molecule has 3 fully saturated rings. The fraction of sp³-hybridized carbons (Fsp3) is 0.917. The Morgan fingerprint density at radius 3 is 2.38 bits per heavy atom. The Balaban J connectivity index is 1.82. The molecule has 0 aromatic heterocycles. The molecule has 4 heteroatoms. The van der Waals surface area contributed by atoms with Crippen LogP contribution >= 0.6 is 0 Å².